The summed E-state index contributed by atoms with van der Waals surface area (Å²) in [4.78, 5) is 12.0. The first kappa shape index (κ1) is 14.6. The summed E-state index contributed by atoms with van der Waals surface area (Å²) in [7, 11) is 0. The maximum atomic E-state index is 12.4. The lowest BCUT2D eigenvalue weighted by molar-refractivity contribution is -0.149. The molecule has 1 aliphatic carbocycles. The van der Waals surface area contributed by atoms with E-state index >= 15 is 0 Å². The highest BCUT2D eigenvalue weighted by Gasteiger charge is 2.50. The second kappa shape index (κ2) is 5.30. The maximum absolute atomic E-state index is 12.4. The van der Waals surface area contributed by atoms with Gasteiger partial charge in [-0.3, -0.25) is 4.79 Å². The van der Waals surface area contributed by atoms with E-state index in [1.807, 2.05) is 13.8 Å². The number of rotatable bonds is 4. The number of carbonyl (C=O) groups is 1. The number of halogens is 2. The summed E-state index contributed by atoms with van der Waals surface area (Å²) < 4.78 is 5.88. The summed E-state index contributed by atoms with van der Waals surface area (Å²) >= 11 is 12.0. The molecule has 4 heteroatoms. The zero-order valence-corrected chi connectivity index (χ0v) is 12.4. The Morgan fingerprint density at radius 2 is 2.17 bits per heavy atom. The van der Waals surface area contributed by atoms with E-state index in [2.05, 4.69) is 6.92 Å². The Morgan fingerprint density at radius 3 is 2.61 bits per heavy atom. The zero-order valence-electron chi connectivity index (χ0n) is 10.9. The Morgan fingerprint density at radius 1 is 1.50 bits per heavy atom. The van der Waals surface area contributed by atoms with E-state index in [9.17, 15) is 4.79 Å². The van der Waals surface area contributed by atoms with Gasteiger partial charge in [0.2, 0.25) is 0 Å². The average molecular weight is 291 g/mol. The van der Waals surface area contributed by atoms with Crippen molar-refractivity contribution in [2.75, 3.05) is 0 Å². The number of hydrogen-bond donors (Lipinski definition) is 0. The lowest BCUT2D eigenvalue weighted by Gasteiger charge is -2.47. The number of hydrogen-bond acceptors (Lipinski definition) is 2. The monoisotopic (exact) mass is 290 g/mol. The molecule has 3 aliphatic rings. The van der Waals surface area contributed by atoms with Crippen LogP contribution in [0.1, 0.15) is 39.5 Å². The molecule has 0 aromatic heterocycles. The molecule has 2 radical (unpaired) electrons. The topological polar surface area (TPSA) is 26.3 Å². The number of ketones is 1. The van der Waals surface area contributed by atoms with Crippen LogP contribution in [0.3, 0.4) is 0 Å². The van der Waals surface area contributed by atoms with Gasteiger partial charge in [0, 0.05) is 11.3 Å². The third-order valence-electron chi connectivity index (χ3n) is 4.27. The molecule has 102 valence electrons. The molecule has 1 saturated carbocycles. The predicted molar refractivity (Wildman–Crippen MR) is 73.2 cm³/mol. The molecule has 0 aromatic carbocycles. The van der Waals surface area contributed by atoms with Gasteiger partial charge in [-0.2, -0.15) is 0 Å². The van der Waals surface area contributed by atoms with E-state index in [4.69, 9.17) is 27.9 Å². The van der Waals surface area contributed by atoms with Crippen LogP contribution in [0, 0.1) is 30.3 Å². The molecule has 0 amide bonds. The van der Waals surface area contributed by atoms with Gasteiger partial charge in [0.05, 0.1) is 6.10 Å². The van der Waals surface area contributed by atoms with Crippen molar-refractivity contribution in [1.82, 2.24) is 0 Å². The third kappa shape index (κ3) is 2.57. The summed E-state index contributed by atoms with van der Waals surface area (Å²) in [6, 6.07) is 0. The normalized spacial score (nSPS) is 33.1. The molecular weight excluding hydrogens is 271 g/mol. The molecule has 2 aliphatic heterocycles. The predicted octanol–water partition coefficient (Wildman–Crippen LogP) is 3.96. The van der Waals surface area contributed by atoms with E-state index in [0.29, 0.717) is 12.5 Å². The van der Waals surface area contributed by atoms with Gasteiger partial charge in [0.25, 0.3) is 0 Å². The summed E-state index contributed by atoms with van der Waals surface area (Å²) in [5.41, 5.74) is -0.441. The van der Waals surface area contributed by atoms with E-state index in [1.165, 1.54) is 0 Å². The van der Waals surface area contributed by atoms with Crippen molar-refractivity contribution in [3.8, 4) is 0 Å². The van der Waals surface area contributed by atoms with Gasteiger partial charge < -0.3 is 4.74 Å². The highest BCUT2D eigenvalue weighted by molar-refractivity contribution is 6.44. The molecule has 3 rings (SSSR count). The Hall–Kier alpha value is 0.210. The molecule has 0 N–H and O–H groups in total. The number of ether oxygens (including phenoxy) is 1. The van der Waals surface area contributed by atoms with Crippen molar-refractivity contribution in [3.05, 3.63) is 13.0 Å². The molecule has 2 bridgehead atoms. The minimum Gasteiger partial charge on any atom is -0.360 e. The van der Waals surface area contributed by atoms with Crippen molar-refractivity contribution >= 4 is 29.0 Å². The smallest absolute Gasteiger partial charge is 0.173 e. The van der Waals surface area contributed by atoms with Gasteiger partial charge in [-0.1, -0.05) is 20.8 Å². The summed E-state index contributed by atoms with van der Waals surface area (Å²) in [6.45, 7) is 7.69. The Bertz CT molecular complexity index is 328. The van der Waals surface area contributed by atoms with E-state index in [1.54, 1.807) is 0 Å². The lowest BCUT2D eigenvalue weighted by Crippen LogP contribution is -2.49. The van der Waals surface area contributed by atoms with E-state index in [0.717, 1.165) is 19.3 Å². The maximum Gasteiger partial charge on any atom is 0.173 e. The second-order valence-electron chi connectivity index (χ2n) is 5.99. The molecule has 3 unspecified atom stereocenters. The molecular formula is C14H20Cl2O2. The summed E-state index contributed by atoms with van der Waals surface area (Å²) in [6.07, 6.45) is 4.06. The number of fused-ring (bicyclic) bond motifs is 3. The largest absolute Gasteiger partial charge is 0.360 e. The number of alkyl halides is 2. The molecule has 18 heavy (non-hydrogen) atoms. The van der Waals surface area contributed by atoms with Crippen LogP contribution in [0.5, 0.6) is 0 Å². The van der Waals surface area contributed by atoms with Crippen LogP contribution in [0.2, 0.25) is 0 Å². The van der Waals surface area contributed by atoms with Gasteiger partial charge in [-0.05, 0) is 31.6 Å². The number of carbonyl (C=O) groups excluding carboxylic acids is 1. The standard InChI is InChI=1S/C14H20Cl2O2/c1-4-14(2,3)12(17)11-8-5-6-10(18-11)9(7-8)13(15)16/h8-10,13H,1,4-7H2,2-3H3. The zero-order chi connectivity index (χ0) is 13.5. The SMILES string of the molecule is [CH2]CC(C)(C)C(=O)[C]1OC2CCC1CC2C(Cl)Cl. The quantitative estimate of drug-likeness (QED) is 0.733. The summed E-state index contributed by atoms with van der Waals surface area (Å²) in [5, 5.41) is 0. The third-order valence-corrected chi connectivity index (χ3v) is 4.92. The first-order valence-corrected chi connectivity index (χ1v) is 7.40. The molecule has 0 aromatic rings. The molecule has 2 saturated heterocycles. The fourth-order valence-electron chi connectivity index (χ4n) is 2.77. The number of Topliss-reactive ketones (excluding diaryl/α,β-unsaturated/α-hetero) is 1. The van der Waals surface area contributed by atoms with Crippen molar-refractivity contribution in [2.45, 2.75) is 50.5 Å². The van der Waals surface area contributed by atoms with Gasteiger partial charge in [0.15, 0.2) is 11.9 Å². The van der Waals surface area contributed by atoms with Crippen LogP contribution < -0.4 is 0 Å². The van der Waals surface area contributed by atoms with Gasteiger partial charge in [0.1, 0.15) is 4.84 Å². The van der Waals surface area contributed by atoms with Gasteiger partial charge in [-0.25, -0.2) is 0 Å². The first-order chi connectivity index (χ1) is 8.36. The van der Waals surface area contributed by atoms with Crippen LogP contribution in [-0.4, -0.2) is 16.7 Å². The average Bonchev–Trinajstić information content (AvgIpc) is 2.38. The van der Waals surface area contributed by atoms with Crippen molar-refractivity contribution < 1.29 is 9.53 Å². The van der Waals surface area contributed by atoms with Crippen LogP contribution in [-0.2, 0) is 9.53 Å². The van der Waals surface area contributed by atoms with Crippen LogP contribution in [0.15, 0.2) is 0 Å². The highest BCUT2D eigenvalue weighted by Crippen LogP contribution is 2.49. The minimum absolute atomic E-state index is 0.00886. The Balaban J connectivity index is 2.09. The fraction of sp³-hybridized carbons (Fsp3) is 0.786. The first-order valence-electron chi connectivity index (χ1n) is 6.52. The summed E-state index contributed by atoms with van der Waals surface area (Å²) in [5.74, 6) is 0.455. The van der Waals surface area contributed by atoms with E-state index in [-0.39, 0.29) is 23.7 Å². The highest BCUT2D eigenvalue weighted by atomic mass is 35.5. The van der Waals surface area contributed by atoms with Gasteiger partial charge >= 0.3 is 0 Å². The Kier molecular flexibility index (Phi) is 4.30. The van der Waals surface area contributed by atoms with E-state index < -0.39 is 10.3 Å². The van der Waals surface area contributed by atoms with Crippen molar-refractivity contribution in [3.63, 3.8) is 0 Å². The molecule has 2 nitrogen and oxygen atoms in total. The van der Waals surface area contributed by atoms with Crippen molar-refractivity contribution in [1.29, 1.82) is 0 Å². The fourth-order valence-corrected chi connectivity index (χ4v) is 3.30. The molecule has 2 heterocycles. The minimum atomic E-state index is -0.441. The van der Waals surface area contributed by atoms with Crippen LogP contribution in [0.25, 0.3) is 0 Å². The Labute approximate surface area is 119 Å². The molecule has 0 spiro atoms. The van der Waals surface area contributed by atoms with Gasteiger partial charge in [-0.15, -0.1) is 23.2 Å². The van der Waals surface area contributed by atoms with Crippen LogP contribution >= 0.6 is 23.2 Å². The lowest BCUT2D eigenvalue weighted by atomic mass is 9.69. The molecule has 3 atom stereocenters. The van der Waals surface area contributed by atoms with Crippen LogP contribution in [0.4, 0.5) is 0 Å². The second-order valence-corrected chi connectivity index (χ2v) is 7.16. The van der Waals surface area contributed by atoms with Crippen molar-refractivity contribution in [2.24, 2.45) is 17.3 Å². The molecule has 3 fully saturated rings.